The topological polar surface area (TPSA) is 365 Å². The van der Waals surface area contributed by atoms with Crippen LogP contribution in [0.1, 0.15) is 122 Å². The molecular formula is C80H87Br2ClF2N18O10. The highest BCUT2D eigenvalue weighted by atomic mass is 79.9. The fourth-order valence-corrected chi connectivity index (χ4v) is 13.5. The Hall–Kier alpha value is -11.0. The van der Waals surface area contributed by atoms with E-state index in [4.69, 9.17) is 31.9 Å². The van der Waals surface area contributed by atoms with Gasteiger partial charge in [0.15, 0.2) is 11.6 Å². The standard InChI is InChI=1S/C26H25FN6O4.C19H15ClFN3O3.C14H17N3O.C10H11N3.C7H11N3O.C4H8Br2O/c1-26(2,3)37-25(36)32-14-19-23(24(32)35)20(33-10-8-21(30-33)31-9-7-16(34)13-31)11-18(29-19)22-15(12-28)5-4-6-17(22)27;1-19(2,3)27-18(26)24-9-14-16(17(24)25)11(20)7-13(23-14)15-10(8-22)5-4-6-12(15)21;18-13-6-8-16(11-13)14-7-9-17(15-14)10-12-4-2-1-3-5-12;11-10-6-7-13(12-10)8-9-4-2-1-3-5-9;11-6-2-4-10(5-6)7-1-3-8-9-7;5-2-1-4(7)3-6/h4-6,8,10-11,16,34H,7,9,13-14H2,1-3H3;4-7H,9H2,1-3H3;1-5,7,9,13,18H,6,8,10-11H2;1-7H,8H2,(H2,11,12);1,3,6,11H,2,4-5H2,(H,8,9);4,7H,1-3H2. The van der Waals surface area contributed by atoms with E-state index in [0.29, 0.717) is 43.0 Å². The lowest BCUT2D eigenvalue weighted by Gasteiger charge is -2.23. The number of aliphatic hydroxyl groups excluding tert-OH is 4. The zero-order valence-corrected chi connectivity index (χ0v) is 66.9. The van der Waals surface area contributed by atoms with Crippen molar-refractivity contribution in [1.29, 1.82) is 10.5 Å². The number of carbonyl (C=O) groups is 4. The Bertz CT molecular complexity index is 5010. The number of amides is 4. The number of hydrogen-bond acceptors (Lipinski definition) is 22. The molecule has 28 nitrogen and oxygen atoms in total. The number of H-pyrrole nitrogens is 1. The van der Waals surface area contributed by atoms with Crippen LogP contribution in [0.15, 0.2) is 158 Å². The molecule has 0 aliphatic carbocycles. The van der Waals surface area contributed by atoms with Gasteiger partial charge in [0.1, 0.15) is 34.5 Å². The van der Waals surface area contributed by atoms with E-state index >= 15 is 0 Å². The molecule has 0 bridgehead atoms. The van der Waals surface area contributed by atoms with E-state index in [-0.39, 0.29) is 98.3 Å². The largest absolute Gasteiger partial charge is 0.443 e. The molecule has 3 saturated heterocycles. The Morgan fingerprint density at radius 1 is 0.619 bits per heavy atom. The number of aromatic amines is 1. The van der Waals surface area contributed by atoms with Crippen molar-refractivity contribution in [2.24, 2.45) is 0 Å². The zero-order chi connectivity index (χ0) is 81.3. The molecule has 592 valence electrons. The summed E-state index contributed by atoms with van der Waals surface area (Å²) in [6.07, 6.45) is 7.75. The first-order valence-electron chi connectivity index (χ1n) is 36.3. The Morgan fingerprint density at radius 3 is 1.53 bits per heavy atom. The number of halogens is 5. The molecule has 4 unspecified atom stereocenters. The average molecular weight is 1690 g/mol. The fraction of sp³-hybridized carbons (Fsp3) is 0.350. The molecule has 5 aliphatic rings. The number of carbonyl (C=O) groups excluding carboxylic acids is 4. The van der Waals surface area contributed by atoms with Crippen LogP contribution in [0.5, 0.6) is 0 Å². The molecule has 4 aromatic carbocycles. The summed E-state index contributed by atoms with van der Waals surface area (Å²) in [5.41, 5.74) is 7.75. The number of ether oxygens (including phenoxy) is 2. The van der Waals surface area contributed by atoms with E-state index in [1.165, 1.54) is 64.3 Å². The number of nitrogens with one attached hydrogen (secondary N) is 1. The van der Waals surface area contributed by atoms with Crippen LogP contribution in [-0.4, -0.2) is 189 Å². The molecule has 11 heterocycles. The van der Waals surface area contributed by atoms with Crippen molar-refractivity contribution in [3.8, 4) is 40.3 Å². The number of aliphatic hydroxyl groups is 4. The molecule has 7 N–H and O–H groups in total. The van der Waals surface area contributed by atoms with Crippen LogP contribution in [-0.2, 0) is 35.7 Å². The number of nitrogens with zero attached hydrogens (tertiary/aromatic N) is 16. The summed E-state index contributed by atoms with van der Waals surface area (Å²) >= 11 is 12.6. The third-order valence-corrected chi connectivity index (χ3v) is 19.2. The second kappa shape index (κ2) is 38.5. The number of β-amino-alcohol motifs (C(OH)–C–C–N with tert-alkyl or cyclic N) is 3. The summed E-state index contributed by atoms with van der Waals surface area (Å²) in [7, 11) is 0. The molecule has 4 amide bonds. The van der Waals surface area contributed by atoms with Gasteiger partial charge in [0.2, 0.25) is 0 Å². The molecule has 6 aromatic heterocycles. The van der Waals surface area contributed by atoms with Gasteiger partial charge in [0.25, 0.3) is 11.8 Å². The van der Waals surface area contributed by atoms with Gasteiger partial charge in [0, 0.05) is 86.7 Å². The summed E-state index contributed by atoms with van der Waals surface area (Å²) in [5.74, 6) is 0.615. The van der Waals surface area contributed by atoms with Crippen LogP contribution in [0.25, 0.3) is 28.2 Å². The number of pyridine rings is 2. The van der Waals surface area contributed by atoms with E-state index in [1.54, 1.807) is 66.1 Å². The van der Waals surface area contributed by atoms with Crippen LogP contribution in [0.3, 0.4) is 0 Å². The molecule has 0 spiro atoms. The Balaban J connectivity index is 0.000000155. The Labute approximate surface area is 673 Å². The highest BCUT2D eigenvalue weighted by Gasteiger charge is 2.41. The van der Waals surface area contributed by atoms with Crippen molar-refractivity contribution >= 4 is 90.7 Å². The third-order valence-electron chi connectivity index (χ3n) is 17.7. The number of imide groups is 2. The number of fused-ring (bicyclic) bond motifs is 2. The predicted molar refractivity (Wildman–Crippen MR) is 428 cm³/mol. The van der Waals surface area contributed by atoms with Gasteiger partial charge in [-0.25, -0.2) is 42.8 Å². The second-order valence-electron chi connectivity index (χ2n) is 28.7. The minimum Gasteiger partial charge on any atom is -0.443 e. The monoisotopic (exact) mass is 1690 g/mol. The lowest BCUT2D eigenvalue weighted by atomic mass is 10.0. The summed E-state index contributed by atoms with van der Waals surface area (Å²) in [6, 6.07) is 42.9. The van der Waals surface area contributed by atoms with Crippen LogP contribution in [0, 0.1) is 34.3 Å². The fourth-order valence-electron chi connectivity index (χ4n) is 12.4. The lowest BCUT2D eigenvalue weighted by Crippen LogP contribution is -2.37. The summed E-state index contributed by atoms with van der Waals surface area (Å²) in [5, 5.41) is 77.8. The van der Waals surface area contributed by atoms with Crippen molar-refractivity contribution in [3.63, 3.8) is 0 Å². The van der Waals surface area contributed by atoms with Gasteiger partial charge in [0.05, 0.1) is 136 Å². The van der Waals surface area contributed by atoms with E-state index in [1.807, 2.05) is 87.3 Å². The molecule has 113 heavy (non-hydrogen) atoms. The van der Waals surface area contributed by atoms with Crippen LogP contribution in [0.4, 0.5) is 41.6 Å². The second-order valence-corrected chi connectivity index (χ2v) is 30.6. The molecule has 15 rings (SSSR count). The number of nitriles is 2. The molecule has 0 saturated carbocycles. The van der Waals surface area contributed by atoms with Gasteiger partial charge in [-0.1, -0.05) is 116 Å². The van der Waals surface area contributed by atoms with Crippen molar-refractivity contribution in [2.45, 2.75) is 129 Å². The molecule has 10 aromatic rings. The summed E-state index contributed by atoms with van der Waals surface area (Å²) in [4.78, 5) is 67.9. The van der Waals surface area contributed by atoms with Gasteiger partial charge in [-0.2, -0.15) is 30.9 Å². The molecule has 4 atom stereocenters. The first kappa shape index (κ1) is 84.5. The van der Waals surface area contributed by atoms with E-state index in [9.17, 15) is 53.8 Å². The number of nitrogens with two attached hydrogens (primary N) is 1. The Kier molecular flexibility index (Phi) is 28.8. The summed E-state index contributed by atoms with van der Waals surface area (Å²) < 4.78 is 45.1. The van der Waals surface area contributed by atoms with E-state index < -0.39 is 52.9 Å². The molecule has 33 heteroatoms. The van der Waals surface area contributed by atoms with Gasteiger partial charge in [-0.3, -0.25) is 24.1 Å². The first-order chi connectivity index (χ1) is 54.0. The average Bonchev–Trinajstić information content (AvgIpc) is 1.62. The van der Waals surface area contributed by atoms with Crippen molar-refractivity contribution < 1.29 is 57.9 Å². The minimum atomic E-state index is -0.821. The highest BCUT2D eigenvalue weighted by Crippen LogP contribution is 2.37. The maximum Gasteiger partial charge on any atom is 0.417 e. The molecule has 5 aliphatic heterocycles. The van der Waals surface area contributed by atoms with Gasteiger partial charge in [-0.05, 0) is 121 Å². The van der Waals surface area contributed by atoms with E-state index in [0.717, 1.165) is 78.8 Å². The van der Waals surface area contributed by atoms with Crippen molar-refractivity contribution in [1.82, 2.24) is 59.3 Å². The maximum atomic E-state index is 14.9. The third kappa shape index (κ3) is 22.7. The van der Waals surface area contributed by atoms with Gasteiger partial charge >= 0.3 is 12.2 Å². The quantitative estimate of drug-likeness (QED) is 0.0584. The predicted octanol–water partition coefficient (Wildman–Crippen LogP) is 12.2. The number of rotatable bonds is 13. The summed E-state index contributed by atoms with van der Waals surface area (Å²) in [6.45, 7) is 15.7. The number of aromatic nitrogens is 10. The maximum absolute atomic E-state index is 14.9. The highest BCUT2D eigenvalue weighted by molar-refractivity contribution is 9.09. The van der Waals surface area contributed by atoms with Crippen LogP contribution < -0.4 is 20.4 Å². The van der Waals surface area contributed by atoms with Gasteiger partial charge in [-0.15, -0.1) is 0 Å². The van der Waals surface area contributed by atoms with Gasteiger partial charge < -0.3 is 50.3 Å². The number of alkyl halides is 2. The molecular weight excluding hydrogens is 1610 g/mol. The number of nitrogen functional groups attached to an aromatic ring is 1. The normalized spacial score (nSPS) is 16.3. The minimum absolute atomic E-state index is 0.00660. The smallest absolute Gasteiger partial charge is 0.417 e. The van der Waals surface area contributed by atoms with Crippen molar-refractivity contribution in [2.75, 3.05) is 70.4 Å². The number of benzene rings is 4. The Morgan fingerprint density at radius 2 is 1.09 bits per heavy atom. The zero-order valence-electron chi connectivity index (χ0n) is 63.0. The van der Waals surface area contributed by atoms with E-state index in [2.05, 4.69) is 101 Å². The number of anilines is 4. The van der Waals surface area contributed by atoms with Crippen LogP contribution in [0.2, 0.25) is 5.02 Å². The molecule has 3 fully saturated rings. The lowest BCUT2D eigenvalue weighted by molar-refractivity contribution is 0.0230. The first-order valence-corrected chi connectivity index (χ1v) is 38.9. The van der Waals surface area contributed by atoms with Crippen molar-refractivity contribution in [3.05, 3.63) is 220 Å². The van der Waals surface area contributed by atoms with Crippen LogP contribution >= 0.6 is 43.5 Å². The SMILES string of the molecule is CC(C)(C)OC(=O)N1Cc2nc(-c3c(F)cccc3C#N)cc(-n3ccc(N4CCC(O)C4)n3)c2C1=O.CC(C)(C)OC(=O)N1Cc2nc(-c3c(F)cccc3C#N)cc(Cl)c2C1=O.Nc1ccn(Cc2ccccc2)n1.OC(CBr)CCBr.OC1CCN(c2ccn(Cc3ccccc3)n2)C1.OC1CCN(c2ccn[nH]2)C1. The number of hydrogen-bond donors (Lipinski definition) is 6. The molecule has 0 radical (unpaired) electrons.